The van der Waals surface area contributed by atoms with Gasteiger partial charge in [-0.2, -0.15) is 0 Å². The van der Waals surface area contributed by atoms with Crippen molar-refractivity contribution in [3.8, 4) is 17.2 Å². The van der Waals surface area contributed by atoms with Crippen molar-refractivity contribution in [2.24, 2.45) is 0 Å². The Bertz CT molecular complexity index is 844. The van der Waals surface area contributed by atoms with Crippen LogP contribution in [0.3, 0.4) is 0 Å². The van der Waals surface area contributed by atoms with Crippen LogP contribution in [-0.4, -0.2) is 32.8 Å². The lowest BCUT2D eigenvalue weighted by atomic mass is 10.0. The minimum Gasteiger partial charge on any atom is -0.493 e. The molecule has 5 nitrogen and oxygen atoms in total. The molecule has 0 saturated carbocycles. The maximum absolute atomic E-state index is 12.2. The molecule has 0 aliphatic carbocycles. The van der Waals surface area contributed by atoms with E-state index in [9.17, 15) is 4.79 Å². The predicted molar refractivity (Wildman–Crippen MR) is 106 cm³/mol. The smallest absolute Gasteiger partial charge is 0.244 e. The van der Waals surface area contributed by atoms with Gasteiger partial charge in [-0.25, -0.2) is 0 Å². The Hall–Kier alpha value is -2.95. The maximum Gasteiger partial charge on any atom is 0.244 e. The highest BCUT2D eigenvalue weighted by Gasteiger charge is 2.13. The van der Waals surface area contributed by atoms with Crippen molar-refractivity contribution in [3.63, 3.8) is 0 Å². The molecule has 0 aromatic heterocycles. The number of benzene rings is 2. The van der Waals surface area contributed by atoms with Crippen LogP contribution in [0.2, 0.25) is 0 Å². The number of carbonyl (C=O) groups excluding carboxylic acids is 1. The molecular weight excluding hydrogens is 342 g/mol. The molecule has 1 aliphatic rings. The van der Waals surface area contributed by atoms with Crippen LogP contribution in [0.25, 0.3) is 6.08 Å². The minimum atomic E-state index is -0.123. The molecule has 1 heterocycles. The molecule has 2 aromatic carbocycles. The van der Waals surface area contributed by atoms with Crippen LogP contribution in [0.15, 0.2) is 42.5 Å². The largest absolute Gasteiger partial charge is 0.493 e. The fraction of sp³-hybridized carbons (Fsp3) is 0.318. The molecule has 1 aliphatic heterocycles. The first kappa shape index (κ1) is 18.8. The lowest BCUT2D eigenvalue weighted by Gasteiger charge is -2.13. The lowest BCUT2D eigenvalue weighted by Crippen LogP contribution is -2.32. The first-order chi connectivity index (χ1) is 13.1. The van der Waals surface area contributed by atoms with Gasteiger partial charge in [-0.3, -0.25) is 4.79 Å². The fourth-order valence-corrected chi connectivity index (χ4v) is 3.19. The van der Waals surface area contributed by atoms with Crippen LogP contribution >= 0.6 is 0 Å². The Balaban J connectivity index is 1.56. The molecule has 0 radical (unpaired) electrons. The highest BCUT2D eigenvalue weighted by Crippen LogP contribution is 2.28. The number of rotatable bonds is 7. The van der Waals surface area contributed by atoms with E-state index in [0.717, 1.165) is 30.8 Å². The van der Waals surface area contributed by atoms with E-state index in [4.69, 9.17) is 14.2 Å². The van der Waals surface area contributed by atoms with Gasteiger partial charge in [0.2, 0.25) is 5.91 Å². The average molecular weight is 367 g/mol. The average Bonchev–Trinajstić information content (AvgIpc) is 3.13. The van der Waals surface area contributed by atoms with Crippen molar-refractivity contribution in [1.82, 2.24) is 5.32 Å². The number of nitrogens with one attached hydrogen (secondary N) is 1. The van der Waals surface area contributed by atoms with E-state index in [1.165, 1.54) is 17.2 Å². The third-order valence-electron chi connectivity index (χ3n) is 4.52. The van der Waals surface area contributed by atoms with Gasteiger partial charge < -0.3 is 19.5 Å². The number of carbonyl (C=O) groups is 1. The highest BCUT2D eigenvalue weighted by molar-refractivity contribution is 5.92. The molecule has 1 atom stereocenters. The molecule has 142 valence electrons. The topological polar surface area (TPSA) is 56.8 Å². The number of hydrogen-bond acceptors (Lipinski definition) is 4. The van der Waals surface area contributed by atoms with Gasteiger partial charge in [-0.15, -0.1) is 0 Å². The molecule has 0 saturated heterocycles. The zero-order valence-corrected chi connectivity index (χ0v) is 16.0. The van der Waals surface area contributed by atoms with Gasteiger partial charge in [0.05, 0.1) is 20.8 Å². The molecule has 27 heavy (non-hydrogen) atoms. The highest BCUT2D eigenvalue weighted by atomic mass is 16.5. The summed E-state index contributed by atoms with van der Waals surface area (Å²) < 4.78 is 16.0. The number of hydrogen-bond donors (Lipinski definition) is 1. The molecule has 5 heteroatoms. The Morgan fingerprint density at radius 3 is 2.78 bits per heavy atom. The monoisotopic (exact) mass is 367 g/mol. The van der Waals surface area contributed by atoms with Gasteiger partial charge in [-0.05, 0) is 54.3 Å². The van der Waals surface area contributed by atoms with Crippen LogP contribution in [0, 0.1) is 0 Å². The zero-order valence-electron chi connectivity index (χ0n) is 16.0. The lowest BCUT2D eigenvalue weighted by molar-refractivity contribution is -0.117. The number of fused-ring (bicyclic) bond motifs is 1. The maximum atomic E-state index is 12.2. The summed E-state index contributed by atoms with van der Waals surface area (Å²) in [5.74, 6) is 2.15. The van der Waals surface area contributed by atoms with Gasteiger partial charge in [0.15, 0.2) is 11.5 Å². The molecule has 1 unspecified atom stereocenters. The minimum absolute atomic E-state index is 0.0351. The second-order valence-electron chi connectivity index (χ2n) is 6.60. The second kappa shape index (κ2) is 8.62. The number of amides is 1. The van der Waals surface area contributed by atoms with E-state index in [0.29, 0.717) is 11.5 Å². The molecule has 3 rings (SSSR count). The Labute approximate surface area is 159 Å². The van der Waals surface area contributed by atoms with Crippen molar-refractivity contribution in [2.75, 3.05) is 20.8 Å². The van der Waals surface area contributed by atoms with E-state index < -0.39 is 0 Å². The van der Waals surface area contributed by atoms with Gasteiger partial charge in [-0.1, -0.05) is 18.2 Å². The van der Waals surface area contributed by atoms with Crippen molar-refractivity contribution in [1.29, 1.82) is 0 Å². The van der Waals surface area contributed by atoms with Crippen molar-refractivity contribution >= 4 is 12.0 Å². The summed E-state index contributed by atoms with van der Waals surface area (Å²) in [6.45, 7) is 2.76. The first-order valence-electron chi connectivity index (χ1n) is 9.04. The van der Waals surface area contributed by atoms with Gasteiger partial charge in [0, 0.05) is 18.5 Å². The molecule has 1 N–H and O–H groups in total. The van der Waals surface area contributed by atoms with Crippen LogP contribution in [-0.2, 0) is 17.6 Å². The summed E-state index contributed by atoms with van der Waals surface area (Å²) in [6, 6.07) is 11.8. The summed E-state index contributed by atoms with van der Waals surface area (Å²) in [4.78, 5) is 12.2. The molecular formula is C22H25NO4. The third kappa shape index (κ3) is 4.82. The Morgan fingerprint density at radius 1 is 1.19 bits per heavy atom. The second-order valence-corrected chi connectivity index (χ2v) is 6.60. The first-order valence-corrected chi connectivity index (χ1v) is 9.04. The summed E-state index contributed by atoms with van der Waals surface area (Å²) >= 11 is 0. The van der Waals surface area contributed by atoms with Crippen molar-refractivity contribution < 1.29 is 19.0 Å². The van der Waals surface area contributed by atoms with Crippen LogP contribution in [0.1, 0.15) is 23.6 Å². The van der Waals surface area contributed by atoms with Gasteiger partial charge in [0.25, 0.3) is 0 Å². The van der Waals surface area contributed by atoms with Crippen LogP contribution in [0.5, 0.6) is 17.2 Å². The Kier molecular flexibility index (Phi) is 6.01. The predicted octanol–water partition coefficient (Wildman–Crippen LogP) is 3.40. The molecule has 0 spiro atoms. The standard InChI is InChI=1S/C22H25NO4/c1-15(12-17-5-7-19-18(13-17)10-11-27-19)23-22(24)9-6-16-4-8-20(25-2)21(14-16)26-3/h4-9,13-15H,10-12H2,1-3H3,(H,23,24)/b9-6+. The number of ether oxygens (including phenoxy) is 3. The third-order valence-corrected chi connectivity index (χ3v) is 4.52. The molecule has 0 bridgehead atoms. The molecule has 1 amide bonds. The van der Waals surface area contributed by atoms with E-state index in [1.54, 1.807) is 20.3 Å². The van der Waals surface area contributed by atoms with E-state index in [1.807, 2.05) is 31.2 Å². The van der Waals surface area contributed by atoms with Crippen molar-refractivity contribution in [2.45, 2.75) is 25.8 Å². The fourth-order valence-electron chi connectivity index (χ4n) is 3.19. The van der Waals surface area contributed by atoms with Gasteiger partial charge >= 0.3 is 0 Å². The quantitative estimate of drug-likeness (QED) is 0.762. The van der Waals surface area contributed by atoms with Crippen LogP contribution in [0.4, 0.5) is 0 Å². The summed E-state index contributed by atoms with van der Waals surface area (Å²) in [6.07, 6.45) is 5.03. The normalized spacial score (nSPS) is 13.7. The molecule has 2 aromatic rings. The number of methoxy groups -OCH3 is 2. The zero-order chi connectivity index (χ0) is 19.2. The SMILES string of the molecule is COc1ccc(/C=C/C(=O)NC(C)Cc2ccc3c(c2)CCO3)cc1OC. The van der Waals surface area contributed by atoms with Gasteiger partial charge in [0.1, 0.15) is 5.75 Å². The summed E-state index contributed by atoms with van der Waals surface area (Å²) in [7, 11) is 3.18. The summed E-state index contributed by atoms with van der Waals surface area (Å²) in [5, 5.41) is 3.00. The summed E-state index contributed by atoms with van der Waals surface area (Å²) in [5.41, 5.74) is 3.32. The van der Waals surface area contributed by atoms with Crippen molar-refractivity contribution in [3.05, 3.63) is 59.2 Å². The Morgan fingerprint density at radius 2 is 2.00 bits per heavy atom. The van der Waals surface area contributed by atoms with E-state index in [2.05, 4.69) is 17.4 Å². The molecule has 0 fully saturated rings. The van der Waals surface area contributed by atoms with Crippen LogP contribution < -0.4 is 19.5 Å². The van der Waals surface area contributed by atoms with E-state index in [-0.39, 0.29) is 11.9 Å². The van der Waals surface area contributed by atoms with E-state index >= 15 is 0 Å².